The van der Waals surface area contributed by atoms with Crippen molar-refractivity contribution in [2.45, 2.75) is 24.4 Å². The van der Waals surface area contributed by atoms with Crippen LogP contribution in [-0.4, -0.2) is 56.5 Å². The van der Waals surface area contributed by atoms with Crippen LogP contribution in [0.2, 0.25) is 0 Å². The Labute approximate surface area is 203 Å². The van der Waals surface area contributed by atoms with Gasteiger partial charge in [0.15, 0.2) is 36.9 Å². The average Bonchev–Trinajstić information content (AvgIpc) is 3.32. The fraction of sp³-hybridized carbons (Fsp3) is 0.300. The van der Waals surface area contributed by atoms with Gasteiger partial charge in [0.05, 0.1) is 30.2 Å². The van der Waals surface area contributed by atoms with E-state index in [1.807, 2.05) is 0 Å². The van der Waals surface area contributed by atoms with E-state index in [-0.39, 0.29) is 30.5 Å². The van der Waals surface area contributed by atoms with Crippen LogP contribution in [0.15, 0.2) is 52.8 Å². The lowest BCUT2D eigenvalue weighted by Gasteiger charge is -2.50. The minimum absolute atomic E-state index is 0. The van der Waals surface area contributed by atoms with Gasteiger partial charge in [0.25, 0.3) is 5.91 Å². The predicted molar refractivity (Wildman–Crippen MR) is 117 cm³/mol. The molecule has 0 saturated carbocycles. The molecular weight excluding hydrogens is 495 g/mol. The molecule has 2 aliphatic rings. The number of pyridine rings is 1. The van der Waals surface area contributed by atoms with Crippen molar-refractivity contribution in [1.82, 2.24) is 15.2 Å². The zero-order chi connectivity index (χ0) is 22.8. The number of carboxylic acid groups (broad SMARTS) is 1. The van der Waals surface area contributed by atoms with Crippen molar-refractivity contribution in [3.63, 3.8) is 0 Å². The molecule has 13 heteroatoms. The summed E-state index contributed by atoms with van der Waals surface area (Å²) in [5.74, 6) is -2.46. The first-order valence-corrected chi connectivity index (χ1v) is 11.1. The third-order valence-corrected chi connectivity index (χ3v) is 6.68. The van der Waals surface area contributed by atoms with E-state index in [0.717, 1.165) is 10.5 Å². The number of oxazole rings is 1. The molecule has 0 aliphatic carbocycles. The Bertz CT molecular complexity index is 1110. The van der Waals surface area contributed by atoms with E-state index >= 15 is 0 Å². The first kappa shape index (κ1) is 24.7. The standard InChI is InChI=1S/C20H17ClN4O6S.ClH/c21-6-13(26)5-15(27)23-16-18(28)25-17(20(29)30)12(9-32-19(16)25)8-24-3-1-11(2-4-24)14-7-22-10-31-14;/h1-4,7,10,16,19H,5-6,8-9H2,(H-,23,27,29,30);1H/t16-,19-;/m1./s1. The number of nitrogens with one attached hydrogen (secondary N) is 1. The van der Waals surface area contributed by atoms with Crippen molar-refractivity contribution >= 4 is 59.3 Å². The van der Waals surface area contributed by atoms with E-state index in [9.17, 15) is 24.3 Å². The number of hydrogen-bond acceptors (Lipinski definition) is 8. The molecule has 33 heavy (non-hydrogen) atoms. The Hall–Kier alpha value is -2.89. The second kappa shape index (κ2) is 10.4. The van der Waals surface area contributed by atoms with Crippen LogP contribution in [0.5, 0.6) is 0 Å². The van der Waals surface area contributed by atoms with Crippen LogP contribution in [0.25, 0.3) is 11.3 Å². The fourth-order valence-corrected chi connectivity index (χ4v) is 4.98. The maximum Gasteiger partial charge on any atom is 0.253 e. The third kappa shape index (κ3) is 5.05. The normalized spacial score (nSPS) is 19.3. The Kier molecular flexibility index (Phi) is 7.77. The molecule has 2 amide bonds. The number of ketones is 1. The summed E-state index contributed by atoms with van der Waals surface area (Å²) in [6.07, 6.45) is 6.02. The number of β-lactam (4-membered cyclic amide) rings is 1. The van der Waals surface area contributed by atoms with Crippen LogP contribution in [0, 0.1) is 0 Å². The largest absolute Gasteiger partial charge is 0.543 e. The summed E-state index contributed by atoms with van der Waals surface area (Å²) in [5, 5.41) is 13.8. The maximum atomic E-state index is 12.6. The molecule has 174 valence electrons. The summed E-state index contributed by atoms with van der Waals surface area (Å²) < 4.78 is 7.03. The highest BCUT2D eigenvalue weighted by Crippen LogP contribution is 2.40. The van der Waals surface area contributed by atoms with Crippen LogP contribution in [-0.2, 0) is 25.7 Å². The molecule has 1 fully saturated rings. The third-order valence-electron chi connectivity index (χ3n) is 5.05. The molecule has 10 nitrogen and oxygen atoms in total. The Morgan fingerprint density at radius 1 is 1.33 bits per heavy atom. The van der Waals surface area contributed by atoms with Crippen molar-refractivity contribution in [3.05, 3.63) is 48.4 Å². The number of rotatable bonds is 8. The Morgan fingerprint density at radius 2 is 2.06 bits per heavy atom. The summed E-state index contributed by atoms with van der Waals surface area (Å²) in [7, 11) is 0. The predicted octanol–water partition coefficient (Wildman–Crippen LogP) is -0.347. The summed E-state index contributed by atoms with van der Waals surface area (Å²) in [4.78, 5) is 52.8. The number of halogens is 2. The molecule has 2 aromatic heterocycles. The van der Waals surface area contributed by atoms with Gasteiger partial charge < -0.3 is 19.6 Å². The number of alkyl halides is 1. The number of hydrogen-bond donors (Lipinski definition) is 1. The van der Waals surface area contributed by atoms with Gasteiger partial charge in [-0.25, -0.2) is 9.55 Å². The summed E-state index contributed by atoms with van der Waals surface area (Å²) in [5.41, 5.74) is 1.14. The van der Waals surface area contributed by atoms with Crippen molar-refractivity contribution < 1.29 is 33.3 Å². The Balaban J connectivity index is 0.00000306. The highest BCUT2D eigenvalue weighted by atomic mass is 35.5. The molecule has 0 unspecified atom stereocenters. The van der Waals surface area contributed by atoms with Crippen molar-refractivity contribution in [2.75, 3.05) is 11.6 Å². The number of carboxylic acids is 1. The smallest absolute Gasteiger partial charge is 0.253 e. The number of aromatic nitrogens is 2. The van der Waals surface area contributed by atoms with Crippen molar-refractivity contribution in [2.24, 2.45) is 0 Å². The van der Waals surface area contributed by atoms with Crippen molar-refractivity contribution in [1.29, 1.82) is 0 Å². The van der Waals surface area contributed by atoms with E-state index in [2.05, 4.69) is 10.3 Å². The molecule has 2 aromatic rings. The number of Topliss-reactive ketones (excluding diaryl/α,β-unsaturated/α-hetero) is 1. The fourth-order valence-electron chi connectivity index (χ4n) is 3.55. The van der Waals surface area contributed by atoms with Gasteiger partial charge in [0.1, 0.15) is 11.4 Å². The van der Waals surface area contributed by atoms with Crippen LogP contribution in [0.4, 0.5) is 0 Å². The van der Waals surface area contributed by atoms with E-state index in [0.29, 0.717) is 17.1 Å². The summed E-state index contributed by atoms with van der Waals surface area (Å²) in [6.45, 7) is 0.241. The lowest BCUT2D eigenvalue weighted by Crippen LogP contribution is -2.71. The van der Waals surface area contributed by atoms with Gasteiger partial charge in [-0.15, -0.1) is 35.8 Å². The number of carbonyl (C=O) groups is 4. The number of aliphatic carboxylic acids is 1. The van der Waals surface area contributed by atoms with Crippen LogP contribution in [0.3, 0.4) is 0 Å². The number of thioether (sulfide) groups is 1. The minimum Gasteiger partial charge on any atom is -0.543 e. The Morgan fingerprint density at radius 3 is 2.67 bits per heavy atom. The van der Waals surface area contributed by atoms with E-state index in [1.54, 1.807) is 35.3 Å². The molecule has 2 aliphatic heterocycles. The highest BCUT2D eigenvalue weighted by molar-refractivity contribution is 8.00. The summed E-state index contributed by atoms with van der Waals surface area (Å²) in [6, 6.07) is 2.71. The second-order valence-electron chi connectivity index (χ2n) is 7.17. The van der Waals surface area contributed by atoms with Gasteiger partial charge in [-0.05, 0) is 0 Å². The number of nitrogens with zero attached hydrogens (tertiary/aromatic N) is 3. The first-order valence-electron chi connectivity index (χ1n) is 9.52. The SMILES string of the molecule is Cl.O=C(CCl)CC(=O)N[C@@H]1C(=O)N2C(C(=O)[O-])=C(C[n+]3ccc(-c4cnco4)cc3)CS[C@H]12. The van der Waals surface area contributed by atoms with Gasteiger partial charge in [-0.2, -0.15) is 0 Å². The zero-order valence-corrected chi connectivity index (χ0v) is 19.3. The number of amides is 2. The van der Waals surface area contributed by atoms with Crippen molar-refractivity contribution in [3.8, 4) is 11.3 Å². The molecular formula is C20H18Cl2N4O6S. The molecule has 4 rings (SSSR count). The molecule has 1 saturated heterocycles. The minimum atomic E-state index is -1.46. The molecule has 2 atom stereocenters. The lowest BCUT2D eigenvalue weighted by atomic mass is 10.0. The topological polar surface area (TPSA) is 137 Å². The van der Waals surface area contributed by atoms with Gasteiger partial charge in [-0.1, -0.05) is 0 Å². The number of carbonyl (C=O) groups excluding carboxylic acids is 4. The quantitative estimate of drug-likeness (QED) is 0.219. The van der Waals surface area contributed by atoms with E-state index in [4.69, 9.17) is 16.0 Å². The lowest BCUT2D eigenvalue weighted by molar-refractivity contribution is -0.689. The van der Waals surface area contributed by atoms with Gasteiger partial charge in [0, 0.05) is 29.0 Å². The van der Waals surface area contributed by atoms with Crippen LogP contribution in [0.1, 0.15) is 6.42 Å². The zero-order valence-electron chi connectivity index (χ0n) is 16.9. The van der Waals surface area contributed by atoms with E-state index in [1.165, 1.54) is 18.2 Å². The van der Waals surface area contributed by atoms with E-state index < -0.39 is 41.4 Å². The highest BCUT2D eigenvalue weighted by Gasteiger charge is 2.53. The summed E-state index contributed by atoms with van der Waals surface area (Å²) >= 11 is 6.73. The monoisotopic (exact) mass is 512 g/mol. The van der Waals surface area contributed by atoms with Gasteiger partial charge >= 0.3 is 0 Å². The molecule has 0 bridgehead atoms. The molecule has 4 heterocycles. The van der Waals surface area contributed by atoms with Crippen LogP contribution < -0.4 is 15.0 Å². The van der Waals surface area contributed by atoms with Crippen LogP contribution >= 0.6 is 35.8 Å². The average molecular weight is 513 g/mol. The van der Waals surface area contributed by atoms with Gasteiger partial charge in [0.2, 0.25) is 5.91 Å². The molecule has 0 aromatic carbocycles. The number of fused-ring (bicyclic) bond motifs is 1. The first-order chi connectivity index (χ1) is 15.4. The molecule has 0 radical (unpaired) electrons. The van der Waals surface area contributed by atoms with Gasteiger partial charge in [-0.3, -0.25) is 19.3 Å². The maximum absolute atomic E-state index is 12.6. The molecule has 1 N–H and O–H groups in total. The second-order valence-corrected chi connectivity index (χ2v) is 8.54. The molecule has 0 spiro atoms.